The summed E-state index contributed by atoms with van der Waals surface area (Å²) in [6.45, 7) is 10.3. The molecule has 0 N–H and O–H groups in total. The molecule has 0 bridgehead atoms. The third-order valence-corrected chi connectivity index (χ3v) is 6.48. The third-order valence-electron chi connectivity index (χ3n) is 4.34. The molecule has 23 heavy (non-hydrogen) atoms. The van der Waals surface area contributed by atoms with E-state index in [9.17, 15) is 0 Å². The highest BCUT2D eigenvalue weighted by molar-refractivity contribution is 7.48. The van der Waals surface area contributed by atoms with Gasteiger partial charge >= 0.3 is 0 Å². The zero-order chi connectivity index (χ0) is 17.2. The normalized spacial score (nSPS) is 12.9. The third kappa shape index (κ3) is 14.4. The van der Waals surface area contributed by atoms with Gasteiger partial charge in [-0.15, -0.1) is 0 Å². The van der Waals surface area contributed by atoms with Crippen LogP contribution in [0.3, 0.4) is 0 Å². The molecule has 0 aliphatic rings. The molecule has 0 heterocycles. The molecule has 0 fully saturated rings. The lowest BCUT2D eigenvalue weighted by Gasteiger charge is -2.26. The quantitative estimate of drug-likeness (QED) is 0.186. The van der Waals surface area contributed by atoms with Crippen molar-refractivity contribution in [3.8, 4) is 0 Å². The number of unbranched alkanes of at least 4 members (excludes halogenated alkanes) is 9. The molecule has 0 saturated heterocycles. The molecule has 0 amide bonds. The average Bonchev–Trinajstić information content (AvgIpc) is 2.55. The molecule has 0 rings (SSSR count). The Morgan fingerprint density at radius 1 is 0.565 bits per heavy atom. The maximum Gasteiger partial charge on any atom is 0.173 e. The van der Waals surface area contributed by atoms with E-state index in [0.717, 1.165) is 13.2 Å². The van der Waals surface area contributed by atoms with Crippen LogP contribution in [0.2, 0.25) is 0 Å². The molecule has 0 aromatic carbocycles. The van der Waals surface area contributed by atoms with Crippen LogP contribution in [0.15, 0.2) is 0 Å². The second-order valence-electron chi connectivity index (χ2n) is 6.53. The van der Waals surface area contributed by atoms with Gasteiger partial charge in [0, 0.05) is 5.66 Å². The highest BCUT2D eigenvalue weighted by atomic mass is 31.2. The predicted molar refractivity (Wildman–Crippen MR) is 105 cm³/mol. The summed E-state index contributed by atoms with van der Waals surface area (Å²) in [5.41, 5.74) is 0.651. The van der Waals surface area contributed by atoms with E-state index in [2.05, 4.69) is 27.7 Å². The van der Waals surface area contributed by atoms with E-state index in [4.69, 9.17) is 9.05 Å². The van der Waals surface area contributed by atoms with Gasteiger partial charge in [0.25, 0.3) is 0 Å². The van der Waals surface area contributed by atoms with Gasteiger partial charge in [-0.25, -0.2) is 0 Å². The Morgan fingerprint density at radius 3 is 1.35 bits per heavy atom. The summed E-state index contributed by atoms with van der Waals surface area (Å²) in [6.07, 6.45) is 17.7. The van der Waals surface area contributed by atoms with Gasteiger partial charge in [-0.3, -0.25) is 0 Å². The van der Waals surface area contributed by atoms with Crippen LogP contribution in [0.5, 0.6) is 0 Å². The number of hydrogen-bond donors (Lipinski definition) is 0. The molecular weight excluding hydrogens is 303 g/mol. The van der Waals surface area contributed by atoms with E-state index in [1.165, 1.54) is 83.5 Å². The molecule has 0 spiro atoms. The molecule has 1 unspecified atom stereocenters. The van der Waals surface area contributed by atoms with Gasteiger partial charge in [-0.1, -0.05) is 84.5 Å². The average molecular weight is 347 g/mol. The highest BCUT2D eigenvalue weighted by Gasteiger charge is 2.22. The fourth-order valence-corrected chi connectivity index (χ4v) is 4.79. The van der Waals surface area contributed by atoms with Crippen LogP contribution in [0.4, 0.5) is 0 Å². The van der Waals surface area contributed by atoms with Crippen LogP contribution in [-0.2, 0) is 9.05 Å². The summed E-state index contributed by atoms with van der Waals surface area (Å²) < 4.78 is 11.9. The summed E-state index contributed by atoms with van der Waals surface area (Å²) in [7, 11) is -0.676. The summed E-state index contributed by atoms with van der Waals surface area (Å²) in [5.74, 6) is 0. The second-order valence-corrected chi connectivity index (χ2v) is 8.35. The molecule has 0 radical (unpaired) electrons. The number of rotatable bonds is 18. The molecule has 3 heteroatoms. The maximum absolute atomic E-state index is 5.96. The summed E-state index contributed by atoms with van der Waals surface area (Å²) in [6, 6.07) is 0. The van der Waals surface area contributed by atoms with Crippen molar-refractivity contribution in [2.45, 2.75) is 117 Å². The first-order valence-corrected chi connectivity index (χ1v) is 11.6. The van der Waals surface area contributed by atoms with Crippen molar-refractivity contribution in [2.24, 2.45) is 0 Å². The van der Waals surface area contributed by atoms with E-state index in [1.807, 2.05) is 0 Å². The second kappa shape index (κ2) is 18.7. The molecule has 0 saturated carbocycles. The molecule has 0 aromatic rings. The monoisotopic (exact) mass is 346 g/mol. The van der Waals surface area contributed by atoms with Gasteiger partial charge in [-0.05, 0) is 26.7 Å². The Labute approximate surface area is 148 Å². The molecule has 2 nitrogen and oxygen atoms in total. The Bertz CT molecular complexity index is 218. The maximum atomic E-state index is 5.96. The minimum absolute atomic E-state index is 0.651. The fraction of sp³-hybridized carbons (Fsp3) is 1.00. The minimum Gasteiger partial charge on any atom is -0.334 e. The van der Waals surface area contributed by atoms with E-state index in [1.54, 1.807) is 0 Å². The molecule has 140 valence electrons. The first-order chi connectivity index (χ1) is 11.3. The summed E-state index contributed by atoms with van der Waals surface area (Å²) in [5, 5.41) is 0. The minimum atomic E-state index is -0.676. The van der Waals surface area contributed by atoms with Crippen molar-refractivity contribution in [1.29, 1.82) is 0 Å². The van der Waals surface area contributed by atoms with Crippen molar-refractivity contribution in [2.75, 3.05) is 13.2 Å². The van der Waals surface area contributed by atoms with Gasteiger partial charge in [0.15, 0.2) is 8.38 Å². The van der Waals surface area contributed by atoms with Crippen LogP contribution in [0.1, 0.15) is 111 Å². The number of hydrogen-bond acceptors (Lipinski definition) is 2. The predicted octanol–water partition coefficient (Wildman–Crippen LogP) is 7.85. The van der Waals surface area contributed by atoms with Gasteiger partial charge in [0.1, 0.15) is 0 Å². The zero-order valence-corrected chi connectivity index (χ0v) is 17.3. The van der Waals surface area contributed by atoms with Crippen molar-refractivity contribution in [3.63, 3.8) is 0 Å². The van der Waals surface area contributed by atoms with Crippen LogP contribution in [0.25, 0.3) is 0 Å². The lowest BCUT2D eigenvalue weighted by molar-refractivity contribution is 0.257. The smallest absolute Gasteiger partial charge is 0.173 e. The van der Waals surface area contributed by atoms with Crippen LogP contribution >= 0.6 is 8.38 Å². The lowest BCUT2D eigenvalue weighted by Crippen LogP contribution is -2.10. The van der Waals surface area contributed by atoms with Gasteiger partial charge in [0.05, 0.1) is 13.2 Å². The first-order valence-electron chi connectivity index (χ1n) is 10.3. The van der Waals surface area contributed by atoms with E-state index >= 15 is 0 Å². The zero-order valence-electron chi connectivity index (χ0n) is 16.4. The van der Waals surface area contributed by atoms with Gasteiger partial charge in [0.2, 0.25) is 0 Å². The van der Waals surface area contributed by atoms with Gasteiger partial charge in [-0.2, -0.15) is 0 Å². The lowest BCUT2D eigenvalue weighted by atomic mass is 10.0. The first kappa shape index (κ1) is 23.4. The Balaban J connectivity index is 4.12. The Hall–Kier alpha value is 0.350. The van der Waals surface area contributed by atoms with Crippen molar-refractivity contribution in [1.82, 2.24) is 0 Å². The molecular formula is C20H43O2P. The van der Waals surface area contributed by atoms with Crippen molar-refractivity contribution >= 4 is 8.38 Å². The van der Waals surface area contributed by atoms with Gasteiger partial charge < -0.3 is 9.05 Å². The molecule has 0 aliphatic heterocycles. The Kier molecular flexibility index (Phi) is 19.0. The molecule has 1 atom stereocenters. The summed E-state index contributed by atoms with van der Waals surface area (Å²) >= 11 is 0. The topological polar surface area (TPSA) is 18.5 Å². The van der Waals surface area contributed by atoms with Crippen molar-refractivity contribution < 1.29 is 9.05 Å². The van der Waals surface area contributed by atoms with Crippen molar-refractivity contribution in [3.05, 3.63) is 0 Å². The van der Waals surface area contributed by atoms with E-state index in [0.29, 0.717) is 5.66 Å². The fourth-order valence-electron chi connectivity index (χ4n) is 3.00. The summed E-state index contributed by atoms with van der Waals surface area (Å²) in [4.78, 5) is 0. The molecule has 0 aromatic heterocycles. The van der Waals surface area contributed by atoms with Crippen LogP contribution in [0, 0.1) is 0 Å². The highest BCUT2D eigenvalue weighted by Crippen LogP contribution is 2.48. The largest absolute Gasteiger partial charge is 0.334 e. The van der Waals surface area contributed by atoms with Crippen LogP contribution < -0.4 is 0 Å². The van der Waals surface area contributed by atoms with E-state index < -0.39 is 8.38 Å². The standard InChI is InChI=1S/C20H43O2P/c1-5-9-11-13-15-17-19-20(18-16-14-12-10-6-2)23(21-7-3)22-8-4/h20H,5-19H2,1-4H3. The SMILES string of the molecule is CCCCCCCCC(CCCCCCC)P(OCC)OCC. The Morgan fingerprint density at radius 2 is 0.957 bits per heavy atom. The van der Waals surface area contributed by atoms with Crippen LogP contribution in [-0.4, -0.2) is 18.9 Å². The molecule has 0 aliphatic carbocycles. The van der Waals surface area contributed by atoms with E-state index in [-0.39, 0.29) is 0 Å².